The summed E-state index contributed by atoms with van der Waals surface area (Å²) in [5, 5.41) is 2.17. The van der Waals surface area contributed by atoms with Gasteiger partial charge in [-0.2, -0.15) is 0 Å². The Morgan fingerprint density at radius 3 is 2.59 bits per heavy atom. The van der Waals surface area contributed by atoms with Gasteiger partial charge in [0, 0.05) is 45.3 Å². The van der Waals surface area contributed by atoms with Crippen molar-refractivity contribution in [3.8, 4) is 0 Å². The monoisotopic (exact) mass is 429 g/mol. The average molecular weight is 430 g/mol. The molecule has 1 saturated heterocycles. The molecular formula is C22H20ClNO4S. The Morgan fingerprint density at radius 2 is 1.83 bits per heavy atom. The molecule has 0 bridgehead atoms. The predicted octanol–water partition coefficient (Wildman–Crippen LogP) is 4.71. The minimum absolute atomic E-state index is 0.137. The smallest absolute Gasteiger partial charge is 0.350 e. The first-order valence-corrected chi connectivity index (χ1v) is 10.6. The van der Waals surface area contributed by atoms with Crippen molar-refractivity contribution in [2.24, 2.45) is 0 Å². The second-order valence-corrected chi connectivity index (χ2v) is 8.94. The zero-order valence-electron chi connectivity index (χ0n) is 15.8. The summed E-state index contributed by atoms with van der Waals surface area (Å²) < 4.78 is 5.96. The normalized spacial score (nSPS) is 28.5. The van der Waals surface area contributed by atoms with E-state index in [0.29, 0.717) is 17.0 Å². The Balaban J connectivity index is 1.78. The molecule has 2 aliphatic rings. The first kappa shape index (κ1) is 20.0. The van der Waals surface area contributed by atoms with E-state index in [1.807, 2.05) is 31.2 Å². The molecule has 0 amide bonds. The Labute approximate surface area is 178 Å². The number of benzene rings is 2. The zero-order chi connectivity index (χ0) is 20.4. The van der Waals surface area contributed by atoms with Crippen LogP contribution in [0, 0.1) is 0 Å². The highest BCUT2D eigenvalue weighted by Crippen LogP contribution is 2.47. The van der Waals surface area contributed by atoms with E-state index in [1.165, 1.54) is 5.06 Å². The second-order valence-electron chi connectivity index (χ2n) is 7.13. The highest BCUT2D eigenvalue weighted by atomic mass is 35.5. The summed E-state index contributed by atoms with van der Waals surface area (Å²) in [4.78, 5) is 31.5. The number of carbonyl (C=O) groups excluding carboxylic acids is 2. The summed E-state index contributed by atoms with van der Waals surface area (Å²) in [6, 6.07) is 17.1. The molecule has 1 fully saturated rings. The molecular weight excluding hydrogens is 410 g/mol. The Morgan fingerprint density at radius 1 is 1.07 bits per heavy atom. The number of carbonyl (C=O) groups is 2. The fraction of sp³-hybridized carbons (Fsp3) is 0.273. The number of fused-ring (bicyclic) bond motifs is 1. The lowest BCUT2D eigenvalue weighted by molar-refractivity contribution is -0.316. The lowest BCUT2D eigenvalue weighted by Crippen LogP contribution is -2.59. The number of rotatable bonds is 3. The minimum Gasteiger partial charge on any atom is -0.433 e. The molecule has 4 rings (SSSR count). The highest BCUT2D eigenvalue weighted by Gasteiger charge is 2.53. The summed E-state index contributed by atoms with van der Waals surface area (Å²) in [5.74, 6) is -1.20. The summed E-state index contributed by atoms with van der Waals surface area (Å²) in [7, 11) is 0. The minimum atomic E-state index is -1.26. The first-order chi connectivity index (χ1) is 14.0. The van der Waals surface area contributed by atoms with Gasteiger partial charge in [0.05, 0.1) is 0 Å². The maximum absolute atomic E-state index is 12.5. The van der Waals surface area contributed by atoms with Gasteiger partial charge >= 0.3 is 11.9 Å². The van der Waals surface area contributed by atoms with Crippen LogP contribution < -0.4 is 0 Å². The third kappa shape index (κ3) is 4.20. The van der Waals surface area contributed by atoms with Gasteiger partial charge < -0.3 is 9.57 Å². The van der Waals surface area contributed by atoms with Crippen LogP contribution in [0.4, 0.5) is 0 Å². The number of nitrogens with zero attached hydrogens (tertiary/aromatic N) is 1. The van der Waals surface area contributed by atoms with E-state index in [1.54, 1.807) is 30.0 Å². The fourth-order valence-electron chi connectivity index (χ4n) is 3.85. The Hall–Kier alpha value is -2.28. The van der Waals surface area contributed by atoms with Gasteiger partial charge in [-0.05, 0) is 37.6 Å². The van der Waals surface area contributed by atoms with E-state index in [2.05, 4.69) is 12.1 Å². The third-order valence-electron chi connectivity index (χ3n) is 5.00. The first-order valence-electron chi connectivity index (χ1n) is 9.36. The van der Waals surface area contributed by atoms with Crippen molar-refractivity contribution < 1.29 is 19.2 Å². The molecule has 2 heterocycles. The number of thioether (sulfide) groups is 1. The van der Waals surface area contributed by atoms with Crippen molar-refractivity contribution in [1.82, 2.24) is 5.06 Å². The van der Waals surface area contributed by atoms with E-state index in [-0.39, 0.29) is 11.3 Å². The molecule has 0 spiro atoms. The van der Waals surface area contributed by atoms with Crippen LogP contribution in [0.25, 0.3) is 0 Å². The lowest BCUT2D eigenvalue weighted by atomic mass is 9.89. The van der Waals surface area contributed by atoms with Crippen LogP contribution >= 0.6 is 23.4 Å². The van der Waals surface area contributed by atoms with Crippen molar-refractivity contribution >= 4 is 35.3 Å². The standard InChI is InChI=1S/C22H20ClNO4S/c1-15-12-19(29-18-8-3-2-4-9-18)14-22(16-6-5-7-17(23)13-16)24(15)28-21(26)11-10-20(25)27-22/h2-11,13,15,19H,12,14H2,1H3/b11-10+. The van der Waals surface area contributed by atoms with Crippen molar-refractivity contribution in [2.45, 2.75) is 41.7 Å². The third-order valence-corrected chi connectivity index (χ3v) is 6.47. The predicted molar refractivity (Wildman–Crippen MR) is 111 cm³/mol. The molecule has 0 aliphatic carbocycles. The van der Waals surface area contributed by atoms with Crippen LogP contribution in [0.2, 0.25) is 5.02 Å². The molecule has 5 nitrogen and oxygen atoms in total. The summed E-state index contributed by atoms with van der Waals surface area (Å²) >= 11 is 7.97. The van der Waals surface area contributed by atoms with Crippen LogP contribution in [0.5, 0.6) is 0 Å². The van der Waals surface area contributed by atoms with E-state index in [9.17, 15) is 9.59 Å². The Bertz CT molecular complexity index is 951. The van der Waals surface area contributed by atoms with Crippen molar-refractivity contribution in [3.05, 3.63) is 77.3 Å². The molecule has 0 N–H and O–H groups in total. The van der Waals surface area contributed by atoms with Gasteiger partial charge in [0.15, 0.2) is 0 Å². The number of piperidine rings is 1. The fourth-order valence-corrected chi connectivity index (χ4v) is 5.42. The maximum Gasteiger partial charge on any atom is 0.350 e. The number of ether oxygens (including phenoxy) is 1. The number of hydroxylamine groups is 2. The molecule has 2 aromatic rings. The van der Waals surface area contributed by atoms with Crippen molar-refractivity contribution in [3.63, 3.8) is 0 Å². The maximum atomic E-state index is 12.5. The van der Waals surface area contributed by atoms with Gasteiger partial charge in [-0.3, -0.25) is 0 Å². The van der Waals surface area contributed by atoms with Crippen molar-refractivity contribution in [1.29, 1.82) is 0 Å². The molecule has 0 aromatic heterocycles. The van der Waals surface area contributed by atoms with Gasteiger partial charge in [-0.15, -0.1) is 11.8 Å². The topological polar surface area (TPSA) is 55.8 Å². The van der Waals surface area contributed by atoms with Crippen LogP contribution in [0.3, 0.4) is 0 Å². The van der Waals surface area contributed by atoms with Gasteiger partial charge in [-0.25, -0.2) is 9.59 Å². The molecule has 150 valence electrons. The molecule has 3 unspecified atom stereocenters. The number of hydrogen-bond acceptors (Lipinski definition) is 6. The number of hydrogen-bond donors (Lipinski definition) is 0. The average Bonchev–Trinajstić information content (AvgIpc) is 2.69. The largest absolute Gasteiger partial charge is 0.433 e. The van der Waals surface area contributed by atoms with E-state index in [4.69, 9.17) is 21.2 Å². The summed E-state index contributed by atoms with van der Waals surface area (Å²) in [6.07, 6.45) is 3.40. The van der Waals surface area contributed by atoms with Crippen molar-refractivity contribution in [2.75, 3.05) is 0 Å². The van der Waals surface area contributed by atoms with Crippen LogP contribution in [0.1, 0.15) is 25.3 Å². The second kappa shape index (κ2) is 8.22. The Kier molecular flexibility index (Phi) is 5.67. The van der Waals surface area contributed by atoms with Gasteiger partial charge in [0.2, 0.25) is 5.72 Å². The molecule has 2 aliphatic heterocycles. The lowest BCUT2D eigenvalue weighted by Gasteiger charge is -2.49. The molecule has 2 aromatic carbocycles. The van der Waals surface area contributed by atoms with Crippen LogP contribution in [-0.4, -0.2) is 28.3 Å². The van der Waals surface area contributed by atoms with E-state index >= 15 is 0 Å². The van der Waals surface area contributed by atoms with Gasteiger partial charge in [-0.1, -0.05) is 47.0 Å². The number of halogens is 1. The quantitative estimate of drug-likeness (QED) is 0.658. The van der Waals surface area contributed by atoms with E-state index < -0.39 is 17.7 Å². The summed E-state index contributed by atoms with van der Waals surface area (Å²) in [6.45, 7) is 1.96. The summed E-state index contributed by atoms with van der Waals surface area (Å²) in [5.41, 5.74) is -0.585. The van der Waals surface area contributed by atoms with Gasteiger partial charge in [0.25, 0.3) is 0 Å². The molecule has 0 radical (unpaired) electrons. The zero-order valence-corrected chi connectivity index (χ0v) is 17.4. The molecule has 3 atom stereocenters. The number of esters is 1. The van der Waals surface area contributed by atoms with Crippen LogP contribution in [0.15, 0.2) is 71.6 Å². The van der Waals surface area contributed by atoms with E-state index in [0.717, 1.165) is 23.5 Å². The molecule has 7 heteroatoms. The SMILES string of the molecule is CC1CC(Sc2ccccc2)CC2(c3cccc(Cl)c3)OC(=O)/C=C/C(=O)ON12. The van der Waals surface area contributed by atoms with Crippen LogP contribution in [-0.2, 0) is 24.9 Å². The molecule has 0 saturated carbocycles. The highest BCUT2D eigenvalue weighted by molar-refractivity contribution is 8.00. The van der Waals surface area contributed by atoms with Gasteiger partial charge in [0.1, 0.15) is 0 Å². The molecule has 29 heavy (non-hydrogen) atoms.